The van der Waals surface area contributed by atoms with Crippen LogP contribution < -0.4 is 10.6 Å². The van der Waals surface area contributed by atoms with Crippen molar-refractivity contribution in [1.82, 2.24) is 5.32 Å². The van der Waals surface area contributed by atoms with Gasteiger partial charge in [-0.1, -0.05) is 84.4 Å². The topological polar surface area (TPSA) is 101 Å². The van der Waals surface area contributed by atoms with Crippen molar-refractivity contribution in [1.29, 1.82) is 5.41 Å². The Morgan fingerprint density at radius 2 is 1.59 bits per heavy atom. The second kappa shape index (κ2) is 20.5. The van der Waals surface area contributed by atoms with Gasteiger partial charge < -0.3 is 25.5 Å². The van der Waals surface area contributed by atoms with Crippen LogP contribution in [-0.4, -0.2) is 63.3 Å². The Morgan fingerprint density at radius 1 is 0.951 bits per heavy atom. The summed E-state index contributed by atoms with van der Waals surface area (Å²) in [5.74, 6) is 0.564. The van der Waals surface area contributed by atoms with E-state index in [4.69, 9.17) is 14.9 Å². The monoisotopic (exact) mass is 569 g/mol. The molecule has 0 amide bonds. The molecule has 4 atom stereocenters. The van der Waals surface area contributed by atoms with Gasteiger partial charge in [0.1, 0.15) is 0 Å². The lowest BCUT2D eigenvalue weighted by atomic mass is 9.77. The fourth-order valence-electron chi connectivity index (χ4n) is 5.46. The zero-order valence-corrected chi connectivity index (χ0v) is 26.0. The number of unbranched alkanes of at least 4 members (excludes halogenated alkanes) is 2. The van der Waals surface area contributed by atoms with Crippen molar-refractivity contribution in [3.8, 4) is 0 Å². The number of carbonyl (C=O) groups is 2. The molecule has 0 bridgehead atoms. The Kier molecular flexibility index (Phi) is 17.4. The number of ether oxygens (including phenoxy) is 2. The van der Waals surface area contributed by atoms with E-state index in [1.54, 1.807) is 12.1 Å². The van der Waals surface area contributed by atoms with Gasteiger partial charge in [-0.2, -0.15) is 0 Å². The molecular weight excluding hydrogens is 514 g/mol. The van der Waals surface area contributed by atoms with Gasteiger partial charge in [-0.05, 0) is 36.8 Å². The van der Waals surface area contributed by atoms with E-state index in [9.17, 15) is 9.59 Å². The lowest BCUT2D eigenvalue weighted by Gasteiger charge is -2.30. The predicted molar refractivity (Wildman–Crippen MR) is 170 cm³/mol. The second-order valence-corrected chi connectivity index (χ2v) is 11.3. The van der Waals surface area contributed by atoms with Crippen LogP contribution in [0.3, 0.4) is 0 Å². The maximum Gasteiger partial charge on any atom is 0.169 e. The summed E-state index contributed by atoms with van der Waals surface area (Å²) in [5.41, 5.74) is 1.65. The highest BCUT2D eigenvalue weighted by Crippen LogP contribution is 2.33. The van der Waals surface area contributed by atoms with Crippen LogP contribution in [0.1, 0.15) is 106 Å². The molecule has 7 nitrogen and oxygen atoms in total. The van der Waals surface area contributed by atoms with Gasteiger partial charge in [-0.25, -0.2) is 0 Å². The van der Waals surface area contributed by atoms with Gasteiger partial charge in [0.05, 0.1) is 18.8 Å². The average Bonchev–Trinajstić information content (AvgIpc) is 2.99. The first-order chi connectivity index (χ1) is 20.0. The molecule has 1 aliphatic carbocycles. The summed E-state index contributed by atoms with van der Waals surface area (Å²) in [6.45, 7) is 12.6. The molecule has 7 heteroatoms. The molecular formula is C34H55N3O4. The quantitative estimate of drug-likeness (QED) is 0.0959. The summed E-state index contributed by atoms with van der Waals surface area (Å²) >= 11 is 0. The third-order valence-corrected chi connectivity index (χ3v) is 8.18. The van der Waals surface area contributed by atoms with E-state index in [1.165, 1.54) is 44.7 Å². The van der Waals surface area contributed by atoms with Crippen molar-refractivity contribution in [3.05, 3.63) is 41.5 Å². The zero-order chi connectivity index (χ0) is 29.9. The van der Waals surface area contributed by atoms with Crippen LogP contribution in [0.25, 0.3) is 0 Å². The maximum atomic E-state index is 13.6. The molecule has 0 saturated carbocycles. The Labute approximate surface area is 248 Å². The number of hydrogen-bond acceptors (Lipinski definition) is 7. The standard InChI is InChI=1S/C34H55N3O4/c1-5-9-13-26(7-3)24-40-21-19-36-30(17-12-18-35)29-23-32(38)33-28(34(29)39)15-11-16-31(33)37-20-22-41-25-27(8-4)14-10-6-2/h11-12,15-18,26-27,29-30,35-37H,5-10,13-14,19-25H2,1-4H3/b17-12-,35-18?. The van der Waals surface area contributed by atoms with E-state index in [-0.39, 0.29) is 24.0 Å². The largest absolute Gasteiger partial charge is 0.382 e. The molecule has 230 valence electrons. The lowest BCUT2D eigenvalue weighted by Crippen LogP contribution is -2.44. The van der Waals surface area contributed by atoms with Gasteiger partial charge in [0.2, 0.25) is 0 Å². The Bertz CT molecular complexity index is 948. The number of benzene rings is 1. The highest BCUT2D eigenvalue weighted by molar-refractivity contribution is 6.17. The molecule has 3 N–H and O–H groups in total. The van der Waals surface area contributed by atoms with Crippen LogP contribution in [0.2, 0.25) is 0 Å². The molecule has 0 saturated heterocycles. The Morgan fingerprint density at radius 3 is 2.17 bits per heavy atom. The summed E-state index contributed by atoms with van der Waals surface area (Å²) in [4.78, 5) is 27.0. The maximum absolute atomic E-state index is 13.6. The van der Waals surface area contributed by atoms with Gasteiger partial charge in [-0.15, -0.1) is 0 Å². The van der Waals surface area contributed by atoms with Crippen molar-refractivity contribution in [3.63, 3.8) is 0 Å². The van der Waals surface area contributed by atoms with E-state index in [2.05, 4.69) is 38.3 Å². The fourth-order valence-corrected chi connectivity index (χ4v) is 5.46. The van der Waals surface area contributed by atoms with Crippen LogP contribution in [0, 0.1) is 23.2 Å². The number of fused-ring (bicyclic) bond motifs is 1. The molecule has 4 unspecified atom stereocenters. The molecule has 0 heterocycles. The van der Waals surface area contributed by atoms with Crippen LogP contribution in [0.5, 0.6) is 0 Å². The van der Waals surface area contributed by atoms with Gasteiger partial charge >= 0.3 is 0 Å². The van der Waals surface area contributed by atoms with Crippen molar-refractivity contribution in [2.24, 2.45) is 17.8 Å². The van der Waals surface area contributed by atoms with E-state index < -0.39 is 5.92 Å². The van der Waals surface area contributed by atoms with Crippen molar-refractivity contribution in [2.45, 2.75) is 91.5 Å². The number of anilines is 1. The number of hydrogen-bond donors (Lipinski definition) is 3. The first-order valence-corrected chi connectivity index (χ1v) is 16.0. The first kappa shape index (κ1) is 34.8. The summed E-state index contributed by atoms with van der Waals surface area (Å²) < 4.78 is 11.9. The van der Waals surface area contributed by atoms with Crippen LogP contribution in [0.4, 0.5) is 5.69 Å². The SMILES string of the molecule is CCCCC(CC)COCCNc1cccc2c1C(=O)CC(C(/C=C\C=N)NCCOCC(CC)CCCC)C2=O. The molecule has 2 rings (SSSR count). The summed E-state index contributed by atoms with van der Waals surface area (Å²) in [6, 6.07) is 5.10. The highest BCUT2D eigenvalue weighted by atomic mass is 16.5. The average molecular weight is 570 g/mol. The molecule has 41 heavy (non-hydrogen) atoms. The number of rotatable bonds is 23. The van der Waals surface area contributed by atoms with E-state index in [0.717, 1.165) is 26.1 Å². The summed E-state index contributed by atoms with van der Waals surface area (Å²) in [7, 11) is 0. The zero-order valence-electron chi connectivity index (χ0n) is 26.0. The number of nitrogens with one attached hydrogen (secondary N) is 3. The minimum atomic E-state index is -0.521. The number of allylic oxidation sites excluding steroid dienone is 1. The molecule has 0 aliphatic heterocycles. The van der Waals surface area contributed by atoms with Crippen molar-refractivity contribution < 1.29 is 19.1 Å². The van der Waals surface area contributed by atoms with Crippen LogP contribution in [0.15, 0.2) is 30.4 Å². The van der Waals surface area contributed by atoms with Gasteiger partial charge in [0, 0.05) is 62.1 Å². The number of carbonyl (C=O) groups excluding carboxylic acids is 2. The minimum absolute atomic E-state index is 0.0350. The smallest absolute Gasteiger partial charge is 0.169 e. The molecule has 0 spiro atoms. The Hall–Kier alpha value is -2.35. The first-order valence-electron chi connectivity index (χ1n) is 16.0. The molecule has 1 aliphatic rings. The fraction of sp³-hybridized carbons (Fsp3) is 0.676. The molecule has 1 aromatic rings. The lowest BCUT2D eigenvalue weighted by molar-refractivity contribution is 0.0783. The summed E-state index contributed by atoms with van der Waals surface area (Å²) in [6.07, 6.45) is 14.2. The molecule has 0 radical (unpaired) electrons. The van der Waals surface area contributed by atoms with E-state index >= 15 is 0 Å². The second-order valence-electron chi connectivity index (χ2n) is 11.3. The number of Topliss-reactive ketones (excluding diaryl/α,β-unsaturated/α-hetero) is 2. The molecule has 0 fully saturated rings. The summed E-state index contributed by atoms with van der Waals surface area (Å²) in [5, 5.41) is 14.2. The van der Waals surface area contributed by atoms with Gasteiger partial charge in [0.15, 0.2) is 11.6 Å². The number of ketones is 2. The normalized spacial score (nSPS) is 17.4. The minimum Gasteiger partial charge on any atom is -0.382 e. The highest BCUT2D eigenvalue weighted by Gasteiger charge is 2.37. The third kappa shape index (κ3) is 11.8. The third-order valence-electron chi connectivity index (χ3n) is 8.18. The van der Waals surface area contributed by atoms with Gasteiger partial charge in [-0.3, -0.25) is 9.59 Å². The molecule has 1 aromatic carbocycles. The predicted octanol–water partition coefficient (Wildman–Crippen LogP) is 7.11. The van der Waals surface area contributed by atoms with Crippen molar-refractivity contribution in [2.75, 3.05) is 44.8 Å². The van der Waals surface area contributed by atoms with Gasteiger partial charge in [0.25, 0.3) is 0 Å². The van der Waals surface area contributed by atoms with Crippen LogP contribution >= 0.6 is 0 Å². The van der Waals surface area contributed by atoms with E-state index in [0.29, 0.717) is 55.0 Å². The van der Waals surface area contributed by atoms with Crippen LogP contribution in [-0.2, 0) is 9.47 Å². The van der Waals surface area contributed by atoms with E-state index in [1.807, 2.05) is 18.2 Å². The molecule has 0 aromatic heterocycles. The van der Waals surface area contributed by atoms with Crippen molar-refractivity contribution >= 4 is 23.5 Å². The Balaban J connectivity index is 1.96.